The number of benzene rings is 2. The highest BCUT2D eigenvalue weighted by molar-refractivity contribution is 5.94. The molecule has 2 aromatic carbocycles. The highest BCUT2D eigenvalue weighted by atomic mass is 19.1. The number of nitrogens with zero attached hydrogens (tertiary/aromatic N) is 2. The minimum Gasteiger partial charge on any atom is -0.366 e. The fourth-order valence-corrected chi connectivity index (χ4v) is 2.69. The largest absolute Gasteiger partial charge is 0.366 e. The molecule has 1 amide bonds. The van der Waals surface area contributed by atoms with Gasteiger partial charge in [0, 0.05) is 32.2 Å². The Morgan fingerprint density at radius 2 is 1.57 bits per heavy atom. The van der Waals surface area contributed by atoms with E-state index in [1.54, 1.807) is 11.0 Å². The van der Waals surface area contributed by atoms with Crippen molar-refractivity contribution in [2.24, 2.45) is 0 Å². The summed E-state index contributed by atoms with van der Waals surface area (Å²) >= 11 is 0. The summed E-state index contributed by atoms with van der Waals surface area (Å²) < 4.78 is 40.4. The number of halogens is 3. The monoisotopic (exact) mass is 320 g/mol. The van der Waals surface area contributed by atoms with E-state index in [0.29, 0.717) is 31.9 Å². The van der Waals surface area contributed by atoms with Crippen molar-refractivity contribution in [3.8, 4) is 0 Å². The van der Waals surface area contributed by atoms with Crippen LogP contribution in [-0.2, 0) is 0 Å². The van der Waals surface area contributed by atoms with Crippen molar-refractivity contribution in [1.82, 2.24) is 4.90 Å². The molecule has 1 heterocycles. The van der Waals surface area contributed by atoms with Crippen molar-refractivity contribution in [2.75, 3.05) is 31.1 Å². The second kappa shape index (κ2) is 6.32. The van der Waals surface area contributed by atoms with E-state index in [1.807, 2.05) is 0 Å². The number of hydrogen-bond acceptors (Lipinski definition) is 2. The lowest BCUT2D eigenvalue weighted by Gasteiger charge is -2.36. The van der Waals surface area contributed by atoms with Crippen LogP contribution < -0.4 is 4.90 Å². The first-order valence-electron chi connectivity index (χ1n) is 7.30. The molecule has 0 atom stereocenters. The van der Waals surface area contributed by atoms with Crippen LogP contribution in [0.5, 0.6) is 0 Å². The highest BCUT2D eigenvalue weighted by Crippen LogP contribution is 2.22. The third kappa shape index (κ3) is 3.16. The Balaban J connectivity index is 1.69. The molecule has 0 aromatic heterocycles. The van der Waals surface area contributed by atoms with Crippen LogP contribution in [0.2, 0.25) is 0 Å². The summed E-state index contributed by atoms with van der Waals surface area (Å²) in [7, 11) is 0. The van der Waals surface area contributed by atoms with Gasteiger partial charge in [-0.1, -0.05) is 12.1 Å². The van der Waals surface area contributed by atoms with Gasteiger partial charge < -0.3 is 9.80 Å². The molecule has 0 saturated carbocycles. The number of anilines is 1. The Morgan fingerprint density at radius 1 is 0.870 bits per heavy atom. The fraction of sp³-hybridized carbons (Fsp3) is 0.235. The summed E-state index contributed by atoms with van der Waals surface area (Å²) in [5, 5.41) is 0. The number of hydrogen-bond donors (Lipinski definition) is 0. The molecule has 0 unspecified atom stereocenters. The van der Waals surface area contributed by atoms with Crippen molar-refractivity contribution < 1.29 is 18.0 Å². The van der Waals surface area contributed by atoms with Crippen molar-refractivity contribution in [2.45, 2.75) is 0 Å². The molecule has 1 saturated heterocycles. The van der Waals surface area contributed by atoms with Crippen molar-refractivity contribution in [3.63, 3.8) is 0 Å². The number of carbonyl (C=O) groups excluding carboxylic acids is 1. The fourth-order valence-electron chi connectivity index (χ4n) is 2.69. The minimum absolute atomic E-state index is 0.0360. The zero-order valence-electron chi connectivity index (χ0n) is 12.3. The number of piperazine rings is 1. The first-order chi connectivity index (χ1) is 11.1. The van der Waals surface area contributed by atoms with Gasteiger partial charge in [0.15, 0.2) is 0 Å². The van der Waals surface area contributed by atoms with Crippen LogP contribution in [-0.4, -0.2) is 37.0 Å². The smallest absolute Gasteiger partial charge is 0.256 e. The van der Waals surface area contributed by atoms with E-state index in [0.717, 1.165) is 6.07 Å². The molecular weight excluding hydrogens is 305 g/mol. The van der Waals surface area contributed by atoms with Gasteiger partial charge in [0.1, 0.15) is 17.5 Å². The molecule has 3 rings (SSSR count). The van der Waals surface area contributed by atoms with Crippen molar-refractivity contribution in [1.29, 1.82) is 0 Å². The Hall–Kier alpha value is -2.50. The maximum atomic E-state index is 13.8. The first kappa shape index (κ1) is 15.4. The third-order valence-electron chi connectivity index (χ3n) is 3.92. The van der Waals surface area contributed by atoms with Gasteiger partial charge >= 0.3 is 0 Å². The minimum atomic E-state index is -0.626. The van der Waals surface area contributed by atoms with E-state index in [1.165, 1.54) is 35.2 Å². The average molecular weight is 320 g/mol. The molecule has 6 heteroatoms. The van der Waals surface area contributed by atoms with E-state index in [-0.39, 0.29) is 11.5 Å². The summed E-state index contributed by atoms with van der Waals surface area (Å²) in [5.41, 5.74) is 0.346. The van der Waals surface area contributed by atoms with Gasteiger partial charge in [-0.25, -0.2) is 13.2 Å². The van der Waals surface area contributed by atoms with Gasteiger partial charge in [-0.05, 0) is 24.3 Å². The molecule has 1 aliphatic heterocycles. The van der Waals surface area contributed by atoms with E-state index >= 15 is 0 Å². The van der Waals surface area contributed by atoms with Crippen LogP contribution in [0.4, 0.5) is 18.9 Å². The highest BCUT2D eigenvalue weighted by Gasteiger charge is 2.25. The quantitative estimate of drug-likeness (QED) is 0.849. The zero-order chi connectivity index (χ0) is 16.4. The van der Waals surface area contributed by atoms with Gasteiger partial charge in [-0.2, -0.15) is 0 Å². The zero-order valence-corrected chi connectivity index (χ0v) is 12.3. The van der Waals surface area contributed by atoms with Gasteiger partial charge in [0.05, 0.1) is 11.3 Å². The molecule has 0 spiro atoms. The normalized spacial score (nSPS) is 14.9. The predicted octanol–water partition coefficient (Wildman–Crippen LogP) is 3.07. The Kier molecular flexibility index (Phi) is 4.23. The van der Waals surface area contributed by atoms with E-state index in [2.05, 4.69) is 0 Å². The van der Waals surface area contributed by atoms with E-state index in [4.69, 9.17) is 0 Å². The average Bonchev–Trinajstić information content (AvgIpc) is 2.55. The van der Waals surface area contributed by atoms with Crippen LogP contribution >= 0.6 is 0 Å². The topological polar surface area (TPSA) is 23.6 Å². The molecule has 3 nitrogen and oxygen atoms in total. The summed E-state index contributed by atoms with van der Waals surface area (Å²) in [4.78, 5) is 15.6. The second-order valence-electron chi connectivity index (χ2n) is 5.35. The molecule has 0 aliphatic carbocycles. The van der Waals surface area contributed by atoms with Crippen LogP contribution in [0.25, 0.3) is 0 Å². The summed E-state index contributed by atoms with van der Waals surface area (Å²) in [6.07, 6.45) is 0. The van der Waals surface area contributed by atoms with Crippen LogP contribution in [0, 0.1) is 17.5 Å². The third-order valence-corrected chi connectivity index (χ3v) is 3.92. The molecule has 1 aliphatic rings. The maximum Gasteiger partial charge on any atom is 0.256 e. The Bertz CT molecular complexity index is 728. The predicted molar refractivity (Wildman–Crippen MR) is 80.9 cm³/mol. The number of carbonyl (C=O) groups is 1. The van der Waals surface area contributed by atoms with Crippen molar-refractivity contribution >= 4 is 11.6 Å². The lowest BCUT2D eigenvalue weighted by atomic mass is 10.1. The standard InChI is InChI=1S/C17H15F3N2O/c18-12-5-6-16(15(20)11-12)21-7-9-22(10-8-21)17(23)13-3-1-2-4-14(13)19/h1-6,11H,7-10H2. The van der Waals surface area contributed by atoms with E-state index < -0.39 is 17.5 Å². The molecule has 1 fully saturated rings. The summed E-state index contributed by atoms with van der Waals surface area (Å²) in [5.74, 6) is -2.18. The van der Waals surface area contributed by atoms with Gasteiger partial charge in [-0.15, -0.1) is 0 Å². The first-order valence-corrected chi connectivity index (χ1v) is 7.30. The molecule has 2 aromatic rings. The number of amides is 1. The molecule has 120 valence electrons. The molecule has 0 bridgehead atoms. The molecular formula is C17H15F3N2O. The summed E-state index contributed by atoms with van der Waals surface area (Å²) in [6.45, 7) is 1.51. The SMILES string of the molecule is O=C(c1ccccc1F)N1CCN(c2ccc(F)cc2F)CC1. The van der Waals surface area contributed by atoms with Crippen molar-refractivity contribution in [3.05, 3.63) is 65.5 Å². The Morgan fingerprint density at radius 3 is 2.22 bits per heavy atom. The molecule has 0 N–H and O–H groups in total. The molecule has 0 radical (unpaired) electrons. The van der Waals surface area contributed by atoms with E-state index in [9.17, 15) is 18.0 Å². The summed E-state index contributed by atoms with van der Waals surface area (Å²) in [6, 6.07) is 9.27. The van der Waals surface area contributed by atoms with Crippen LogP contribution in [0.3, 0.4) is 0 Å². The molecule has 23 heavy (non-hydrogen) atoms. The maximum absolute atomic E-state index is 13.8. The number of rotatable bonds is 2. The lowest BCUT2D eigenvalue weighted by Crippen LogP contribution is -2.49. The van der Waals surface area contributed by atoms with Gasteiger partial charge in [0.2, 0.25) is 0 Å². The van der Waals surface area contributed by atoms with Gasteiger partial charge in [0.25, 0.3) is 5.91 Å². The van der Waals surface area contributed by atoms with Crippen LogP contribution in [0.15, 0.2) is 42.5 Å². The second-order valence-corrected chi connectivity index (χ2v) is 5.35. The van der Waals surface area contributed by atoms with Crippen LogP contribution in [0.1, 0.15) is 10.4 Å². The Labute approximate surface area is 131 Å². The van der Waals surface area contributed by atoms with Gasteiger partial charge in [-0.3, -0.25) is 4.79 Å². The lowest BCUT2D eigenvalue weighted by molar-refractivity contribution is 0.0742.